The van der Waals surface area contributed by atoms with Crippen molar-refractivity contribution in [3.05, 3.63) is 12.5 Å². The number of aryl methyl sites for hydroxylation is 1. The van der Waals surface area contributed by atoms with Crippen LogP contribution in [0.25, 0.3) is 0 Å². The Balaban J connectivity index is 2.21. The largest absolute Gasteiger partial charge is 0.381 e. The summed E-state index contributed by atoms with van der Waals surface area (Å²) in [6.07, 6.45) is 4.06. The van der Waals surface area contributed by atoms with E-state index >= 15 is 0 Å². The second-order valence-electron chi connectivity index (χ2n) is 4.51. The fraction of sp³-hybridized carbons (Fsp3) is 0.700. The van der Waals surface area contributed by atoms with Gasteiger partial charge in [-0.2, -0.15) is 0 Å². The molecule has 0 amide bonds. The van der Waals surface area contributed by atoms with Gasteiger partial charge in [0.15, 0.2) is 5.03 Å². The number of rotatable bonds is 4. The van der Waals surface area contributed by atoms with Gasteiger partial charge in [0.2, 0.25) is 0 Å². The van der Waals surface area contributed by atoms with Crippen molar-refractivity contribution >= 4 is 21.6 Å². The summed E-state index contributed by atoms with van der Waals surface area (Å²) >= 11 is 5.93. The molecule has 0 aliphatic carbocycles. The summed E-state index contributed by atoms with van der Waals surface area (Å²) in [7, 11) is -1.91. The van der Waals surface area contributed by atoms with E-state index in [1.807, 2.05) is 0 Å². The summed E-state index contributed by atoms with van der Waals surface area (Å²) in [5.41, 5.74) is -0.629. The number of hydrogen-bond acceptors (Lipinski definition) is 4. The molecule has 2 rings (SSSR count). The molecule has 102 valence electrons. The first-order chi connectivity index (χ1) is 8.47. The first-order valence-electron chi connectivity index (χ1n) is 5.63. The van der Waals surface area contributed by atoms with Gasteiger partial charge in [0, 0.05) is 32.3 Å². The summed E-state index contributed by atoms with van der Waals surface area (Å²) in [4.78, 5) is 3.86. The highest BCUT2D eigenvalue weighted by Gasteiger charge is 2.37. The van der Waals surface area contributed by atoms with Gasteiger partial charge in [-0.15, -0.1) is 11.6 Å². The van der Waals surface area contributed by atoms with Gasteiger partial charge in [0.25, 0.3) is 10.0 Å². The Morgan fingerprint density at radius 2 is 2.22 bits per heavy atom. The number of sulfonamides is 1. The zero-order chi connectivity index (χ0) is 13.2. The van der Waals surface area contributed by atoms with E-state index in [2.05, 4.69) is 9.71 Å². The summed E-state index contributed by atoms with van der Waals surface area (Å²) in [5.74, 6) is 0.225. The standard InChI is InChI=1S/C10H16ClN3O3S/c1-14-6-9(12-8-14)18(15,16)13-10(7-11)2-4-17-5-3-10/h6,8,13H,2-5,7H2,1H3. The van der Waals surface area contributed by atoms with Gasteiger partial charge in [-0.3, -0.25) is 0 Å². The predicted molar refractivity (Wildman–Crippen MR) is 67.0 cm³/mol. The highest BCUT2D eigenvalue weighted by molar-refractivity contribution is 7.89. The number of halogens is 1. The molecule has 6 nitrogen and oxygen atoms in total. The monoisotopic (exact) mass is 293 g/mol. The van der Waals surface area contributed by atoms with Crippen molar-refractivity contribution in [1.29, 1.82) is 0 Å². The number of nitrogens with zero attached hydrogens (tertiary/aromatic N) is 2. The molecule has 0 unspecified atom stereocenters. The van der Waals surface area contributed by atoms with Gasteiger partial charge in [0.05, 0.1) is 11.9 Å². The van der Waals surface area contributed by atoms with Crippen LogP contribution in [0.5, 0.6) is 0 Å². The van der Waals surface area contributed by atoms with E-state index in [0.29, 0.717) is 26.1 Å². The third-order valence-electron chi connectivity index (χ3n) is 3.01. The van der Waals surface area contributed by atoms with Crippen molar-refractivity contribution in [3.8, 4) is 0 Å². The van der Waals surface area contributed by atoms with E-state index in [1.54, 1.807) is 11.6 Å². The third kappa shape index (κ3) is 2.85. The van der Waals surface area contributed by atoms with Crippen LogP contribution in [0.15, 0.2) is 17.6 Å². The minimum atomic E-state index is -3.63. The van der Waals surface area contributed by atoms with Crippen molar-refractivity contribution in [3.63, 3.8) is 0 Å². The minimum Gasteiger partial charge on any atom is -0.381 e. The molecule has 1 aliphatic heterocycles. The van der Waals surface area contributed by atoms with Crippen LogP contribution in [-0.2, 0) is 21.8 Å². The number of hydrogen-bond donors (Lipinski definition) is 1. The van der Waals surface area contributed by atoms with Crippen molar-refractivity contribution in [2.45, 2.75) is 23.4 Å². The van der Waals surface area contributed by atoms with E-state index in [-0.39, 0.29) is 10.9 Å². The van der Waals surface area contributed by atoms with Crippen molar-refractivity contribution in [1.82, 2.24) is 14.3 Å². The predicted octanol–water partition coefficient (Wildman–Crippen LogP) is 0.486. The smallest absolute Gasteiger partial charge is 0.260 e. The van der Waals surface area contributed by atoms with Gasteiger partial charge in [-0.25, -0.2) is 18.1 Å². The summed E-state index contributed by atoms with van der Waals surface area (Å²) < 4.78 is 33.9. The third-order valence-corrected chi connectivity index (χ3v) is 4.99. The molecule has 0 radical (unpaired) electrons. The zero-order valence-corrected chi connectivity index (χ0v) is 11.7. The lowest BCUT2D eigenvalue weighted by Crippen LogP contribution is -2.53. The van der Waals surface area contributed by atoms with Crippen molar-refractivity contribution < 1.29 is 13.2 Å². The van der Waals surface area contributed by atoms with Crippen LogP contribution in [0, 0.1) is 0 Å². The Hall–Kier alpha value is -0.630. The SMILES string of the molecule is Cn1cnc(S(=O)(=O)NC2(CCl)CCOCC2)c1. The second kappa shape index (κ2) is 5.16. The molecule has 8 heteroatoms. The molecule has 1 N–H and O–H groups in total. The fourth-order valence-corrected chi connectivity index (χ4v) is 3.75. The van der Waals surface area contributed by atoms with Crippen LogP contribution in [0.2, 0.25) is 0 Å². The van der Waals surface area contributed by atoms with E-state index in [1.165, 1.54) is 12.5 Å². The maximum atomic E-state index is 12.2. The summed E-state index contributed by atoms with van der Waals surface area (Å²) in [5, 5.41) is 0.0148. The average Bonchev–Trinajstić information content (AvgIpc) is 2.77. The lowest BCUT2D eigenvalue weighted by molar-refractivity contribution is 0.0549. The maximum Gasteiger partial charge on any atom is 0.260 e. The molecule has 0 atom stereocenters. The molecular formula is C10H16ClN3O3S. The first-order valence-corrected chi connectivity index (χ1v) is 7.65. The number of ether oxygens (including phenoxy) is 1. The fourth-order valence-electron chi connectivity index (χ4n) is 1.89. The van der Waals surface area contributed by atoms with Gasteiger partial charge < -0.3 is 9.30 Å². The summed E-state index contributed by atoms with van der Waals surface area (Å²) in [6, 6.07) is 0. The van der Waals surface area contributed by atoms with E-state index in [0.717, 1.165) is 0 Å². The average molecular weight is 294 g/mol. The molecule has 0 bridgehead atoms. The van der Waals surface area contributed by atoms with Gasteiger partial charge in [-0.05, 0) is 12.8 Å². The zero-order valence-electron chi connectivity index (χ0n) is 10.1. The molecule has 0 aromatic carbocycles. The quantitative estimate of drug-likeness (QED) is 0.820. The topological polar surface area (TPSA) is 73.2 Å². The van der Waals surface area contributed by atoms with E-state index in [9.17, 15) is 8.42 Å². The molecule has 2 heterocycles. The van der Waals surface area contributed by atoms with Gasteiger partial charge in [0.1, 0.15) is 0 Å². The lowest BCUT2D eigenvalue weighted by Gasteiger charge is -2.35. The molecule has 0 spiro atoms. The Bertz CT molecular complexity index is 508. The summed E-state index contributed by atoms with van der Waals surface area (Å²) in [6.45, 7) is 1.02. The van der Waals surface area contributed by atoms with Crippen LogP contribution in [0.1, 0.15) is 12.8 Å². The van der Waals surface area contributed by atoms with E-state index < -0.39 is 15.6 Å². The van der Waals surface area contributed by atoms with Crippen LogP contribution < -0.4 is 4.72 Å². The molecule has 1 aliphatic rings. The molecule has 1 aromatic rings. The van der Waals surface area contributed by atoms with Gasteiger partial charge >= 0.3 is 0 Å². The Morgan fingerprint density at radius 1 is 1.56 bits per heavy atom. The number of imidazole rings is 1. The molecule has 18 heavy (non-hydrogen) atoms. The number of nitrogens with one attached hydrogen (secondary N) is 1. The number of alkyl halides is 1. The molecule has 1 fully saturated rings. The van der Waals surface area contributed by atoms with Crippen molar-refractivity contribution in [2.24, 2.45) is 7.05 Å². The van der Waals surface area contributed by atoms with Crippen LogP contribution >= 0.6 is 11.6 Å². The minimum absolute atomic E-state index is 0.0148. The lowest BCUT2D eigenvalue weighted by atomic mass is 9.94. The maximum absolute atomic E-state index is 12.2. The van der Waals surface area contributed by atoms with Crippen LogP contribution in [0.4, 0.5) is 0 Å². The van der Waals surface area contributed by atoms with E-state index in [4.69, 9.17) is 16.3 Å². The van der Waals surface area contributed by atoms with Gasteiger partial charge in [-0.1, -0.05) is 0 Å². The Kier molecular flexibility index (Phi) is 3.96. The molecule has 1 saturated heterocycles. The molecule has 0 saturated carbocycles. The normalized spacial score (nSPS) is 19.9. The Labute approximate surface area is 111 Å². The highest BCUT2D eigenvalue weighted by atomic mass is 35.5. The van der Waals surface area contributed by atoms with Crippen LogP contribution in [-0.4, -0.2) is 42.6 Å². The first kappa shape index (κ1) is 13.8. The molecule has 1 aromatic heterocycles. The molecular weight excluding hydrogens is 278 g/mol. The van der Waals surface area contributed by atoms with Crippen LogP contribution in [0.3, 0.4) is 0 Å². The number of aromatic nitrogens is 2. The Morgan fingerprint density at radius 3 is 2.72 bits per heavy atom. The second-order valence-corrected chi connectivity index (χ2v) is 6.41. The highest BCUT2D eigenvalue weighted by Crippen LogP contribution is 2.24. The van der Waals surface area contributed by atoms with Crippen molar-refractivity contribution in [2.75, 3.05) is 19.1 Å².